The standard InChI is InChI=1S/C19H26N4O4S/c1-3-27-16-6-4-15(5-7-16)13-22-8-10-23(11-9-22)28(25,26)17-12-18(19(20)24)21(2)14-17/h4-7,12,14H,3,8-11,13H2,1-2H3,(H2,20,24). The second-order valence-electron chi connectivity index (χ2n) is 6.79. The summed E-state index contributed by atoms with van der Waals surface area (Å²) in [6, 6.07) is 9.30. The van der Waals surface area contributed by atoms with Crippen LogP contribution in [0.1, 0.15) is 23.0 Å². The Bertz CT molecular complexity index is 929. The van der Waals surface area contributed by atoms with Crippen molar-refractivity contribution >= 4 is 15.9 Å². The lowest BCUT2D eigenvalue weighted by atomic mass is 10.2. The zero-order chi connectivity index (χ0) is 20.3. The van der Waals surface area contributed by atoms with E-state index < -0.39 is 15.9 Å². The molecular formula is C19H26N4O4S. The topological polar surface area (TPSA) is 97.9 Å². The molecule has 152 valence electrons. The van der Waals surface area contributed by atoms with E-state index in [9.17, 15) is 13.2 Å². The van der Waals surface area contributed by atoms with Gasteiger partial charge in [-0.2, -0.15) is 4.31 Å². The molecule has 2 aromatic rings. The molecule has 0 saturated carbocycles. The molecule has 2 N–H and O–H groups in total. The molecule has 8 nitrogen and oxygen atoms in total. The van der Waals surface area contributed by atoms with Gasteiger partial charge in [-0.15, -0.1) is 0 Å². The average Bonchev–Trinajstić information content (AvgIpc) is 3.07. The number of hydrogen-bond donors (Lipinski definition) is 1. The molecule has 28 heavy (non-hydrogen) atoms. The molecule has 1 amide bonds. The number of ether oxygens (including phenoxy) is 1. The Labute approximate surface area is 165 Å². The fourth-order valence-electron chi connectivity index (χ4n) is 3.31. The van der Waals surface area contributed by atoms with Crippen molar-refractivity contribution in [3.63, 3.8) is 0 Å². The van der Waals surface area contributed by atoms with Crippen molar-refractivity contribution in [3.05, 3.63) is 47.8 Å². The number of carbonyl (C=O) groups is 1. The first-order chi connectivity index (χ1) is 13.3. The molecule has 1 fully saturated rings. The van der Waals surface area contributed by atoms with Gasteiger partial charge in [-0.3, -0.25) is 9.69 Å². The molecular weight excluding hydrogens is 380 g/mol. The van der Waals surface area contributed by atoms with Crippen molar-refractivity contribution < 1.29 is 17.9 Å². The predicted octanol–water partition coefficient (Wildman–Crippen LogP) is 1.03. The molecule has 1 aliphatic rings. The van der Waals surface area contributed by atoms with Crippen LogP contribution in [0.5, 0.6) is 5.75 Å². The predicted molar refractivity (Wildman–Crippen MR) is 106 cm³/mol. The van der Waals surface area contributed by atoms with Crippen LogP contribution in [0, 0.1) is 0 Å². The van der Waals surface area contributed by atoms with Crippen molar-refractivity contribution in [3.8, 4) is 5.75 Å². The third-order valence-electron chi connectivity index (χ3n) is 4.84. The van der Waals surface area contributed by atoms with Crippen molar-refractivity contribution in [2.45, 2.75) is 18.4 Å². The highest BCUT2D eigenvalue weighted by atomic mass is 32.2. The summed E-state index contributed by atoms with van der Waals surface area (Å²) < 4.78 is 34.1. The van der Waals surface area contributed by atoms with Gasteiger partial charge in [0.25, 0.3) is 5.91 Å². The highest BCUT2D eigenvalue weighted by molar-refractivity contribution is 7.89. The number of benzene rings is 1. The van der Waals surface area contributed by atoms with Gasteiger partial charge in [-0.1, -0.05) is 12.1 Å². The molecule has 0 unspecified atom stereocenters. The first-order valence-electron chi connectivity index (χ1n) is 9.21. The van der Waals surface area contributed by atoms with Crippen LogP contribution in [0.2, 0.25) is 0 Å². The quantitative estimate of drug-likeness (QED) is 0.741. The van der Waals surface area contributed by atoms with E-state index in [-0.39, 0.29) is 10.6 Å². The van der Waals surface area contributed by atoms with Gasteiger partial charge in [0.2, 0.25) is 10.0 Å². The molecule has 1 saturated heterocycles. The van der Waals surface area contributed by atoms with Crippen LogP contribution in [0.25, 0.3) is 0 Å². The Morgan fingerprint density at radius 3 is 2.32 bits per heavy atom. The number of amides is 1. The van der Waals surface area contributed by atoms with Gasteiger partial charge in [0, 0.05) is 46.0 Å². The summed E-state index contributed by atoms with van der Waals surface area (Å²) in [5.41, 5.74) is 6.62. The molecule has 1 aliphatic heterocycles. The lowest BCUT2D eigenvalue weighted by Crippen LogP contribution is -2.48. The maximum absolute atomic E-state index is 12.9. The van der Waals surface area contributed by atoms with E-state index in [1.54, 1.807) is 7.05 Å². The van der Waals surface area contributed by atoms with Crippen LogP contribution in [-0.4, -0.2) is 60.9 Å². The van der Waals surface area contributed by atoms with E-state index in [2.05, 4.69) is 4.90 Å². The van der Waals surface area contributed by atoms with E-state index in [4.69, 9.17) is 10.5 Å². The number of nitrogens with two attached hydrogens (primary N) is 1. The normalized spacial score (nSPS) is 16.2. The summed E-state index contributed by atoms with van der Waals surface area (Å²) in [7, 11) is -2.04. The van der Waals surface area contributed by atoms with Gasteiger partial charge in [-0.05, 0) is 30.7 Å². The minimum atomic E-state index is -3.64. The van der Waals surface area contributed by atoms with E-state index in [0.29, 0.717) is 32.8 Å². The lowest BCUT2D eigenvalue weighted by molar-refractivity contribution is 0.0992. The largest absolute Gasteiger partial charge is 0.494 e. The average molecular weight is 407 g/mol. The number of piperazine rings is 1. The highest BCUT2D eigenvalue weighted by Crippen LogP contribution is 2.21. The van der Waals surface area contributed by atoms with Crippen LogP contribution >= 0.6 is 0 Å². The van der Waals surface area contributed by atoms with Crippen molar-refractivity contribution in [1.29, 1.82) is 0 Å². The SMILES string of the molecule is CCOc1ccc(CN2CCN(S(=O)(=O)c3cc(C(N)=O)n(C)c3)CC2)cc1. The molecule has 1 aromatic carbocycles. The molecule has 1 aromatic heterocycles. The number of nitrogens with zero attached hydrogens (tertiary/aromatic N) is 3. The molecule has 9 heteroatoms. The minimum absolute atomic E-state index is 0.101. The number of carbonyl (C=O) groups excluding carboxylic acids is 1. The van der Waals surface area contributed by atoms with Crippen LogP contribution < -0.4 is 10.5 Å². The lowest BCUT2D eigenvalue weighted by Gasteiger charge is -2.33. The number of aryl methyl sites for hydroxylation is 1. The maximum Gasteiger partial charge on any atom is 0.265 e. The van der Waals surface area contributed by atoms with Crippen molar-refractivity contribution in [1.82, 2.24) is 13.8 Å². The van der Waals surface area contributed by atoms with Crippen LogP contribution in [0.3, 0.4) is 0 Å². The van der Waals surface area contributed by atoms with Crippen molar-refractivity contribution in [2.24, 2.45) is 12.8 Å². The van der Waals surface area contributed by atoms with Gasteiger partial charge < -0.3 is 15.0 Å². The van der Waals surface area contributed by atoms with Gasteiger partial charge in [-0.25, -0.2) is 8.42 Å². The number of hydrogen-bond acceptors (Lipinski definition) is 5. The molecule has 2 heterocycles. The number of rotatable bonds is 7. The Hall–Kier alpha value is -2.36. The van der Waals surface area contributed by atoms with E-state index in [1.165, 1.54) is 21.1 Å². The van der Waals surface area contributed by atoms with Gasteiger partial charge >= 0.3 is 0 Å². The van der Waals surface area contributed by atoms with Gasteiger partial charge in [0.05, 0.1) is 6.61 Å². The van der Waals surface area contributed by atoms with Crippen molar-refractivity contribution in [2.75, 3.05) is 32.8 Å². The fraction of sp³-hybridized carbons (Fsp3) is 0.421. The smallest absolute Gasteiger partial charge is 0.265 e. The zero-order valence-electron chi connectivity index (χ0n) is 16.2. The summed E-state index contributed by atoms with van der Waals surface area (Å²) >= 11 is 0. The fourth-order valence-corrected chi connectivity index (χ4v) is 4.81. The van der Waals surface area contributed by atoms with Crippen LogP contribution in [0.4, 0.5) is 0 Å². The van der Waals surface area contributed by atoms with Crippen LogP contribution in [-0.2, 0) is 23.6 Å². The molecule has 0 aliphatic carbocycles. The highest BCUT2D eigenvalue weighted by Gasteiger charge is 2.30. The van der Waals surface area contributed by atoms with Gasteiger partial charge in [0.15, 0.2) is 0 Å². The Morgan fingerprint density at radius 1 is 1.14 bits per heavy atom. The molecule has 0 radical (unpaired) electrons. The third-order valence-corrected chi connectivity index (χ3v) is 6.71. The maximum atomic E-state index is 12.9. The Balaban J connectivity index is 1.61. The third kappa shape index (κ3) is 4.37. The number of aromatic nitrogens is 1. The molecule has 0 atom stereocenters. The molecule has 0 spiro atoms. The number of primary amides is 1. The minimum Gasteiger partial charge on any atom is -0.494 e. The van der Waals surface area contributed by atoms with Gasteiger partial charge in [0.1, 0.15) is 16.3 Å². The second-order valence-corrected chi connectivity index (χ2v) is 8.73. The second kappa shape index (κ2) is 8.34. The Morgan fingerprint density at radius 2 is 1.79 bits per heavy atom. The molecule has 0 bridgehead atoms. The Kier molecular flexibility index (Phi) is 6.07. The van der Waals surface area contributed by atoms with Crippen LogP contribution in [0.15, 0.2) is 41.4 Å². The zero-order valence-corrected chi connectivity index (χ0v) is 17.0. The van der Waals surface area contributed by atoms with E-state index >= 15 is 0 Å². The summed E-state index contributed by atoms with van der Waals surface area (Å²) in [6.07, 6.45) is 1.43. The summed E-state index contributed by atoms with van der Waals surface area (Å²) in [6.45, 7) is 5.44. The monoisotopic (exact) mass is 406 g/mol. The first kappa shape index (κ1) is 20.4. The molecule has 3 rings (SSSR count). The van der Waals surface area contributed by atoms with E-state index in [0.717, 1.165) is 17.9 Å². The summed E-state index contributed by atoms with van der Waals surface area (Å²) in [5, 5.41) is 0. The number of sulfonamides is 1. The first-order valence-corrected chi connectivity index (χ1v) is 10.7. The summed E-state index contributed by atoms with van der Waals surface area (Å²) in [5.74, 6) is 0.199. The summed E-state index contributed by atoms with van der Waals surface area (Å²) in [4.78, 5) is 13.7. The van der Waals surface area contributed by atoms with E-state index in [1.807, 2.05) is 31.2 Å².